The predicted octanol–water partition coefficient (Wildman–Crippen LogP) is 1.23. The van der Waals surface area contributed by atoms with E-state index in [-0.39, 0.29) is 0 Å². The van der Waals surface area contributed by atoms with Gasteiger partial charge in [0.25, 0.3) is 5.19 Å². The van der Waals surface area contributed by atoms with Crippen LogP contribution in [-0.4, -0.2) is 37.1 Å². The molecular formula is C10H17N3O2S. The fourth-order valence-electron chi connectivity index (χ4n) is 0.953. The van der Waals surface area contributed by atoms with Crippen molar-refractivity contribution in [2.24, 2.45) is 0 Å². The van der Waals surface area contributed by atoms with Crippen molar-refractivity contribution < 1.29 is 9.47 Å². The van der Waals surface area contributed by atoms with Crippen LogP contribution in [0.5, 0.6) is 5.19 Å². The molecule has 1 N–H and O–H groups in total. The van der Waals surface area contributed by atoms with Gasteiger partial charge in [0.2, 0.25) is 0 Å². The lowest BCUT2D eigenvalue weighted by atomic mass is 10.6. The van der Waals surface area contributed by atoms with E-state index in [1.54, 1.807) is 7.11 Å². The van der Waals surface area contributed by atoms with E-state index in [9.17, 15) is 0 Å². The highest BCUT2D eigenvalue weighted by Gasteiger charge is 2.03. The van der Waals surface area contributed by atoms with Crippen molar-refractivity contribution in [1.82, 2.24) is 15.5 Å². The molecule has 16 heavy (non-hydrogen) atoms. The van der Waals surface area contributed by atoms with Crippen molar-refractivity contribution in [3.05, 3.63) is 17.2 Å². The predicted molar refractivity (Wildman–Crippen MR) is 63.8 cm³/mol. The number of aromatic nitrogens is 2. The average molecular weight is 243 g/mol. The zero-order chi connectivity index (χ0) is 11.6. The smallest absolute Gasteiger partial charge is 0.294 e. The minimum atomic E-state index is 0.544. The lowest BCUT2D eigenvalue weighted by Crippen LogP contribution is -2.18. The van der Waals surface area contributed by atoms with Gasteiger partial charge in [0.15, 0.2) is 0 Å². The van der Waals surface area contributed by atoms with Crippen LogP contribution in [0.1, 0.15) is 11.9 Å². The molecule has 1 heterocycles. The van der Waals surface area contributed by atoms with Crippen LogP contribution >= 0.6 is 11.3 Å². The Kier molecular flexibility index (Phi) is 6.71. The Balaban J connectivity index is 2.22. The van der Waals surface area contributed by atoms with Crippen molar-refractivity contribution in [3.8, 4) is 5.19 Å². The SMILES string of the molecule is C/C=C/COc1nnc(CNCCOC)s1. The van der Waals surface area contributed by atoms with Gasteiger partial charge in [0.1, 0.15) is 11.6 Å². The van der Waals surface area contributed by atoms with Gasteiger partial charge < -0.3 is 14.8 Å². The van der Waals surface area contributed by atoms with Gasteiger partial charge in [0, 0.05) is 20.2 Å². The molecule has 0 aliphatic rings. The molecule has 6 heteroatoms. The molecule has 90 valence electrons. The van der Waals surface area contributed by atoms with E-state index in [4.69, 9.17) is 9.47 Å². The van der Waals surface area contributed by atoms with E-state index in [0.717, 1.165) is 11.6 Å². The van der Waals surface area contributed by atoms with Crippen molar-refractivity contribution in [2.45, 2.75) is 13.5 Å². The lowest BCUT2D eigenvalue weighted by Gasteiger charge is -1.99. The standard InChI is InChI=1S/C10H17N3O2S/c1-3-4-6-15-10-13-12-9(16-10)8-11-5-7-14-2/h3-4,11H,5-8H2,1-2H3/b4-3+. The number of hydrogen-bond acceptors (Lipinski definition) is 6. The number of hydrogen-bond donors (Lipinski definition) is 1. The maximum absolute atomic E-state index is 5.36. The summed E-state index contributed by atoms with van der Waals surface area (Å²) in [6.45, 7) is 4.71. The Hall–Kier alpha value is -0.980. The zero-order valence-electron chi connectivity index (χ0n) is 9.60. The summed E-state index contributed by atoms with van der Waals surface area (Å²) in [5.41, 5.74) is 0. The number of allylic oxidation sites excluding steroid dienone is 1. The fourth-order valence-corrected chi connectivity index (χ4v) is 1.62. The summed E-state index contributed by atoms with van der Waals surface area (Å²) in [5.74, 6) is 0. The van der Waals surface area contributed by atoms with Crippen LogP contribution in [0.2, 0.25) is 0 Å². The first-order valence-corrected chi connectivity index (χ1v) is 5.94. The van der Waals surface area contributed by atoms with Crippen LogP contribution < -0.4 is 10.1 Å². The average Bonchev–Trinajstić information content (AvgIpc) is 2.73. The maximum Gasteiger partial charge on any atom is 0.294 e. The summed E-state index contributed by atoms with van der Waals surface area (Å²) in [7, 11) is 1.68. The minimum Gasteiger partial charge on any atom is -0.465 e. The highest BCUT2D eigenvalue weighted by atomic mass is 32.1. The van der Waals surface area contributed by atoms with Gasteiger partial charge in [-0.3, -0.25) is 0 Å². The quantitative estimate of drug-likeness (QED) is 0.550. The molecule has 0 saturated heterocycles. The Bertz CT molecular complexity index is 315. The number of nitrogens with zero attached hydrogens (tertiary/aromatic N) is 2. The number of nitrogens with one attached hydrogen (secondary N) is 1. The molecule has 0 atom stereocenters. The van der Waals surface area contributed by atoms with E-state index in [2.05, 4.69) is 15.5 Å². The Morgan fingerprint density at radius 1 is 1.44 bits per heavy atom. The molecule has 0 bridgehead atoms. The first-order chi connectivity index (χ1) is 7.86. The normalized spacial score (nSPS) is 11.1. The van der Waals surface area contributed by atoms with Gasteiger partial charge in [-0.05, 0) is 6.92 Å². The van der Waals surface area contributed by atoms with Crippen LogP contribution in [0, 0.1) is 0 Å². The number of rotatable bonds is 8. The second-order valence-corrected chi connectivity index (χ2v) is 4.04. The number of methoxy groups -OCH3 is 1. The molecule has 0 amide bonds. The third-order valence-corrected chi connectivity index (χ3v) is 2.58. The van der Waals surface area contributed by atoms with E-state index >= 15 is 0 Å². The zero-order valence-corrected chi connectivity index (χ0v) is 10.4. The molecule has 0 saturated carbocycles. The van der Waals surface area contributed by atoms with Crippen LogP contribution in [0.15, 0.2) is 12.2 Å². The number of ether oxygens (including phenoxy) is 2. The first-order valence-electron chi connectivity index (χ1n) is 5.12. The van der Waals surface area contributed by atoms with Crippen LogP contribution in [0.25, 0.3) is 0 Å². The van der Waals surface area contributed by atoms with E-state index in [1.807, 2.05) is 19.1 Å². The topological polar surface area (TPSA) is 56.3 Å². The second-order valence-electron chi connectivity index (χ2n) is 3.01. The van der Waals surface area contributed by atoms with Crippen LogP contribution in [-0.2, 0) is 11.3 Å². The summed E-state index contributed by atoms with van der Waals surface area (Å²) in [5, 5.41) is 12.7. The molecule has 5 nitrogen and oxygen atoms in total. The molecule has 0 aliphatic heterocycles. The molecule has 0 fully saturated rings. The third kappa shape index (κ3) is 5.20. The van der Waals surface area contributed by atoms with E-state index < -0.39 is 0 Å². The van der Waals surface area contributed by atoms with Crippen molar-refractivity contribution in [2.75, 3.05) is 26.9 Å². The van der Waals surface area contributed by atoms with Crippen molar-refractivity contribution in [1.29, 1.82) is 0 Å². The third-order valence-electron chi connectivity index (χ3n) is 1.75. The largest absolute Gasteiger partial charge is 0.465 e. The first kappa shape index (κ1) is 13.1. The molecule has 0 unspecified atom stereocenters. The summed E-state index contributed by atoms with van der Waals surface area (Å²) < 4.78 is 10.3. The monoisotopic (exact) mass is 243 g/mol. The van der Waals surface area contributed by atoms with Gasteiger partial charge in [-0.15, -0.1) is 5.10 Å². The van der Waals surface area contributed by atoms with Crippen molar-refractivity contribution in [3.63, 3.8) is 0 Å². The molecule has 1 rings (SSSR count). The minimum absolute atomic E-state index is 0.544. The lowest BCUT2D eigenvalue weighted by molar-refractivity contribution is 0.199. The molecule has 0 radical (unpaired) electrons. The molecule has 0 aliphatic carbocycles. The van der Waals surface area contributed by atoms with Gasteiger partial charge in [-0.2, -0.15) is 0 Å². The van der Waals surface area contributed by atoms with E-state index in [1.165, 1.54) is 11.3 Å². The van der Waals surface area contributed by atoms with E-state index in [0.29, 0.717) is 25.0 Å². The molecule has 1 aromatic rings. The molecule has 1 aromatic heterocycles. The van der Waals surface area contributed by atoms with Gasteiger partial charge in [-0.1, -0.05) is 28.6 Å². The Morgan fingerprint density at radius 2 is 2.31 bits per heavy atom. The Morgan fingerprint density at radius 3 is 3.06 bits per heavy atom. The summed E-state index contributed by atoms with van der Waals surface area (Å²) in [4.78, 5) is 0. The summed E-state index contributed by atoms with van der Waals surface area (Å²) in [6.07, 6.45) is 3.87. The second kappa shape index (κ2) is 8.20. The van der Waals surface area contributed by atoms with Crippen LogP contribution in [0.4, 0.5) is 0 Å². The fraction of sp³-hybridized carbons (Fsp3) is 0.600. The van der Waals surface area contributed by atoms with Crippen molar-refractivity contribution >= 4 is 11.3 Å². The van der Waals surface area contributed by atoms with Gasteiger partial charge in [-0.25, -0.2) is 0 Å². The highest BCUT2D eigenvalue weighted by molar-refractivity contribution is 7.13. The van der Waals surface area contributed by atoms with Gasteiger partial charge in [0.05, 0.1) is 6.61 Å². The summed E-state index contributed by atoms with van der Waals surface area (Å²) >= 11 is 1.46. The maximum atomic E-state index is 5.36. The molecule has 0 aromatic carbocycles. The van der Waals surface area contributed by atoms with Crippen LogP contribution in [0.3, 0.4) is 0 Å². The Labute approximate surface area is 99.5 Å². The van der Waals surface area contributed by atoms with Gasteiger partial charge >= 0.3 is 0 Å². The molecular weight excluding hydrogens is 226 g/mol. The molecule has 0 spiro atoms. The summed E-state index contributed by atoms with van der Waals surface area (Å²) in [6, 6.07) is 0. The highest BCUT2D eigenvalue weighted by Crippen LogP contribution is 2.17.